The van der Waals surface area contributed by atoms with E-state index >= 15 is 0 Å². The van der Waals surface area contributed by atoms with Crippen LogP contribution in [0.2, 0.25) is 0 Å². The van der Waals surface area contributed by atoms with E-state index in [1.807, 2.05) is 0 Å². The molecule has 0 aliphatic heterocycles. The molecule has 140 valence electrons. The van der Waals surface area contributed by atoms with Crippen molar-refractivity contribution >= 4 is 38.6 Å². The standard InChI is InChI=1S/2C12H13.2ClH.Zr/c2*1-9(2)11-8-7-10-5-3-4-6-12(10)11;;;/h2*3-9H,1-2H3;2*1H;/q2*-1;;;+4/p-2. The van der Waals surface area contributed by atoms with Gasteiger partial charge in [0.25, 0.3) is 0 Å². The van der Waals surface area contributed by atoms with Crippen molar-refractivity contribution in [2.24, 2.45) is 0 Å². The van der Waals surface area contributed by atoms with Crippen molar-refractivity contribution in [3.63, 3.8) is 0 Å². The van der Waals surface area contributed by atoms with Crippen LogP contribution in [0, 0.1) is 0 Å². The van der Waals surface area contributed by atoms with Gasteiger partial charge in [0, 0.05) is 0 Å². The Balaban J connectivity index is 0.000000170. The van der Waals surface area contributed by atoms with Crippen molar-refractivity contribution in [1.82, 2.24) is 0 Å². The predicted octanol–water partition coefficient (Wildman–Crippen LogP) is 8.74. The van der Waals surface area contributed by atoms with Crippen LogP contribution in [0.1, 0.15) is 50.7 Å². The summed E-state index contributed by atoms with van der Waals surface area (Å²) in [7, 11) is 9.87. The molecule has 3 heteroatoms. The molecule has 4 aromatic carbocycles. The first-order valence-corrected chi connectivity index (χ1v) is 15.6. The molecule has 4 rings (SSSR count). The zero-order chi connectivity index (χ0) is 19.8. The summed E-state index contributed by atoms with van der Waals surface area (Å²) < 4.78 is 0. The van der Waals surface area contributed by atoms with Gasteiger partial charge in [0.2, 0.25) is 0 Å². The Hall–Kier alpha value is -0.877. The van der Waals surface area contributed by atoms with Gasteiger partial charge < -0.3 is 0 Å². The molecule has 27 heavy (non-hydrogen) atoms. The molecular weight excluding hydrogens is 450 g/mol. The van der Waals surface area contributed by atoms with Crippen LogP contribution in [-0.2, 0) is 20.8 Å². The van der Waals surface area contributed by atoms with Crippen LogP contribution in [-0.4, -0.2) is 0 Å². The van der Waals surface area contributed by atoms with Gasteiger partial charge in [-0.05, 0) is 0 Å². The number of fused-ring (bicyclic) bond motifs is 2. The molecule has 0 unspecified atom stereocenters. The maximum absolute atomic E-state index is 4.93. The molecule has 0 saturated heterocycles. The Morgan fingerprint density at radius 3 is 1.33 bits per heavy atom. The summed E-state index contributed by atoms with van der Waals surface area (Å²) in [6, 6.07) is 26.0. The fraction of sp³-hybridized carbons (Fsp3) is 0.250. The van der Waals surface area contributed by atoms with Gasteiger partial charge in [0.15, 0.2) is 0 Å². The summed E-state index contributed by atoms with van der Waals surface area (Å²) in [5, 5.41) is 5.54. The van der Waals surface area contributed by atoms with E-state index in [1.54, 1.807) is 0 Å². The molecule has 0 spiro atoms. The van der Waals surface area contributed by atoms with Crippen molar-refractivity contribution in [3.8, 4) is 0 Å². The molecule has 0 aromatic heterocycles. The summed E-state index contributed by atoms with van der Waals surface area (Å²) in [6.07, 6.45) is 0. The van der Waals surface area contributed by atoms with Crippen LogP contribution in [0.4, 0.5) is 0 Å². The Morgan fingerprint density at radius 1 is 0.667 bits per heavy atom. The van der Waals surface area contributed by atoms with E-state index in [9.17, 15) is 0 Å². The van der Waals surface area contributed by atoms with Crippen molar-refractivity contribution in [2.45, 2.75) is 39.5 Å². The van der Waals surface area contributed by atoms with Gasteiger partial charge >= 0.3 is 37.9 Å². The molecular formula is C24H26Cl2Zr. The molecule has 0 amide bonds. The van der Waals surface area contributed by atoms with E-state index in [-0.39, 0.29) is 0 Å². The van der Waals surface area contributed by atoms with Crippen molar-refractivity contribution in [3.05, 3.63) is 83.9 Å². The second-order valence-electron chi connectivity index (χ2n) is 7.13. The monoisotopic (exact) mass is 474 g/mol. The number of hydrogen-bond acceptors (Lipinski definition) is 0. The van der Waals surface area contributed by atoms with E-state index in [0.29, 0.717) is 11.8 Å². The number of hydrogen-bond donors (Lipinski definition) is 0. The third-order valence-corrected chi connectivity index (χ3v) is 4.67. The van der Waals surface area contributed by atoms with Crippen molar-refractivity contribution < 1.29 is 20.8 Å². The average molecular weight is 477 g/mol. The first-order valence-electron chi connectivity index (χ1n) is 9.24. The number of halogens is 2. The Morgan fingerprint density at radius 2 is 1.00 bits per heavy atom. The van der Waals surface area contributed by atoms with Gasteiger partial charge in [-0.1, -0.05) is 51.7 Å². The van der Waals surface area contributed by atoms with Crippen LogP contribution in [0.25, 0.3) is 21.5 Å². The van der Waals surface area contributed by atoms with Crippen LogP contribution in [0.15, 0.2) is 72.8 Å². The second kappa shape index (κ2) is 11.2. The summed E-state index contributed by atoms with van der Waals surface area (Å²) in [5.74, 6) is 1.26. The van der Waals surface area contributed by atoms with Crippen LogP contribution in [0.5, 0.6) is 0 Å². The molecule has 0 nitrogen and oxygen atoms in total. The van der Waals surface area contributed by atoms with Gasteiger partial charge in [-0.3, -0.25) is 0 Å². The zero-order valence-corrected chi connectivity index (χ0v) is 20.3. The second-order valence-corrected chi connectivity index (χ2v) is 10.9. The summed E-state index contributed by atoms with van der Waals surface area (Å²) in [4.78, 5) is 0. The Kier molecular flexibility index (Phi) is 9.30. The van der Waals surface area contributed by atoms with Gasteiger partial charge in [-0.25, -0.2) is 0 Å². The molecule has 0 saturated carbocycles. The summed E-state index contributed by atoms with van der Waals surface area (Å²) in [6.45, 7) is 8.95. The first kappa shape index (κ1) is 22.4. The van der Waals surface area contributed by atoms with Crippen LogP contribution >= 0.6 is 17.0 Å². The quantitative estimate of drug-likeness (QED) is 0.254. The fourth-order valence-electron chi connectivity index (χ4n) is 3.36. The van der Waals surface area contributed by atoms with E-state index in [0.717, 1.165) is 0 Å². The number of rotatable bonds is 2. The molecule has 4 aromatic rings. The molecule has 0 radical (unpaired) electrons. The predicted molar refractivity (Wildman–Crippen MR) is 119 cm³/mol. The van der Waals surface area contributed by atoms with Gasteiger partial charge in [-0.15, -0.1) is 82.2 Å². The molecule has 0 atom stereocenters. The average Bonchev–Trinajstić information content (AvgIpc) is 3.27. The van der Waals surface area contributed by atoms with Gasteiger partial charge in [-0.2, -0.15) is 11.1 Å². The molecule has 0 aliphatic carbocycles. The SMILES string of the molecule is CC(C)c1c[cH-]c2ccccc12.CC(C)c1c[cH-]c2ccccc12.[Cl][Zr+2][Cl]. The fourth-order valence-corrected chi connectivity index (χ4v) is 3.36. The van der Waals surface area contributed by atoms with Gasteiger partial charge in [0.1, 0.15) is 0 Å². The van der Waals surface area contributed by atoms with Crippen LogP contribution in [0.3, 0.4) is 0 Å². The van der Waals surface area contributed by atoms with Crippen LogP contribution < -0.4 is 0 Å². The summed E-state index contributed by atoms with van der Waals surface area (Å²) in [5.41, 5.74) is 2.93. The topological polar surface area (TPSA) is 0 Å². The molecule has 0 bridgehead atoms. The number of benzene rings is 2. The zero-order valence-electron chi connectivity index (χ0n) is 16.3. The molecule has 0 heterocycles. The Labute approximate surface area is 181 Å². The third kappa shape index (κ3) is 6.05. The maximum atomic E-state index is 4.93. The van der Waals surface area contributed by atoms with Gasteiger partial charge in [0.05, 0.1) is 0 Å². The molecule has 0 fully saturated rings. The van der Waals surface area contributed by atoms with Crippen molar-refractivity contribution in [1.29, 1.82) is 0 Å². The first-order chi connectivity index (χ1) is 13.0. The minimum absolute atomic E-state index is 0.630. The van der Waals surface area contributed by atoms with E-state index in [2.05, 4.69) is 100 Å². The Bertz CT molecular complexity index is 869. The molecule has 0 aliphatic rings. The minimum atomic E-state index is -0.826. The molecule has 0 N–H and O–H groups in total. The summed E-state index contributed by atoms with van der Waals surface area (Å²) >= 11 is -0.826. The normalized spacial score (nSPS) is 10.4. The van der Waals surface area contributed by atoms with E-state index in [1.165, 1.54) is 32.7 Å². The van der Waals surface area contributed by atoms with Crippen molar-refractivity contribution in [2.75, 3.05) is 0 Å². The third-order valence-electron chi connectivity index (χ3n) is 4.67. The van der Waals surface area contributed by atoms with E-state index < -0.39 is 20.8 Å². The van der Waals surface area contributed by atoms with E-state index in [4.69, 9.17) is 17.0 Å².